The van der Waals surface area contributed by atoms with Crippen molar-refractivity contribution in [2.24, 2.45) is 5.41 Å². The first kappa shape index (κ1) is 20.1. The number of piperidine rings is 1. The lowest BCUT2D eigenvalue weighted by Crippen LogP contribution is -2.38. The Morgan fingerprint density at radius 2 is 1.94 bits per heavy atom. The maximum Gasteiger partial charge on any atom is 0.310 e. The molecule has 162 valence electrons. The minimum Gasteiger partial charge on any atom is -0.497 e. The van der Waals surface area contributed by atoms with Crippen LogP contribution in [-0.2, 0) is 11.4 Å². The number of likely N-dealkylation sites (tertiary alicyclic amines) is 1. The number of rotatable bonds is 4. The maximum absolute atomic E-state index is 14.3. The number of aliphatic carboxylic acids is 1. The van der Waals surface area contributed by atoms with Crippen LogP contribution < -0.4 is 9.47 Å². The Labute approximate surface area is 181 Å². The molecule has 2 heterocycles. The summed E-state index contributed by atoms with van der Waals surface area (Å²) in [6.45, 7) is 2.64. The van der Waals surface area contributed by atoms with Gasteiger partial charge < -0.3 is 19.5 Å². The number of methoxy groups -OCH3 is 1. The van der Waals surface area contributed by atoms with Crippen LogP contribution in [0.15, 0.2) is 42.0 Å². The third kappa shape index (κ3) is 3.69. The molecule has 2 aromatic carbocycles. The fourth-order valence-electron chi connectivity index (χ4n) is 4.80. The number of benzene rings is 2. The number of fused-ring (bicyclic) bond motifs is 2. The number of hydrogen-bond acceptors (Lipinski definition) is 4. The van der Waals surface area contributed by atoms with Crippen molar-refractivity contribution < 1.29 is 23.8 Å². The lowest BCUT2D eigenvalue weighted by Gasteiger charge is -2.32. The number of ether oxygens (including phenoxy) is 2. The standard InChI is InChI=1S/C25H26FNO4/c1-30-19-4-2-17-14-31-22-5-3-18(26)12-21(22)23(20(17)13-19)16-6-10-27(11-7-16)15-25(8-9-25)24(28)29/h2-5,12-13H,6-11,14-15H2,1H3,(H,28,29). The molecule has 1 saturated heterocycles. The van der Waals surface area contributed by atoms with Gasteiger partial charge in [-0.25, -0.2) is 4.39 Å². The predicted octanol–water partition coefficient (Wildman–Crippen LogP) is 4.49. The fraction of sp³-hybridized carbons (Fsp3) is 0.400. The molecule has 0 radical (unpaired) electrons. The van der Waals surface area contributed by atoms with Gasteiger partial charge in [0.2, 0.25) is 0 Å². The van der Waals surface area contributed by atoms with Gasteiger partial charge in [-0.1, -0.05) is 11.6 Å². The Hall–Kier alpha value is -2.86. The Morgan fingerprint density at radius 3 is 2.61 bits per heavy atom. The first-order valence-corrected chi connectivity index (χ1v) is 10.8. The summed E-state index contributed by atoms with van der Waals surface area (Å²) < 4.78 is 25.8. The molecule has 5 nitrogen and oxygen atoms in total. The minimum atomic E-state index is -0.678. The summed E-state index contributed by atoms with van der Waals surface area (Å²) in [4.78, 5) is 13.8. The van der Waals surface area contributed by atoms with E-state index in [9.17, 15) is 14.3 Å². The lowest BCUT2D eigenvalue weighted by atomic mass is 9.86. The molecule has 2 aliphatic heterocycles. The van der Waals surface area contributed by atoms with Gasteiger partial charge in [0.15, 0.2) is 0 Å². The third-order valence-electron chi connectivity index (χ3n) is 6.83. The van der Waals surface area contributed by atoms with Gasteiger partial charge in [0.05, 0.1) is 12.5 Å². The Balaban J connectivity index is 1.52. The van der Waals surface area contributed by atoms with Gasteiger partial charge in [0.25, 0.3) is 0 Å². The molecule has 0 aromatic heterocycles. The van der Waals surface area contributed by atoms with E-state index in [4.69, 9.17) is 9.47 Å². The number of carbonyl (C=O) groups is 1. The summed E-state index contributed by atoms with van der Waals surface area (Å²) in [5, 5.41) is 9.52. The predicted molar refractivity (Wildman–Crippen MR) is 115 cm³/mol. The summed E-state index contributed by atoms with van der Waals surface area (Å²) in [5.41, 5.74) is 4.58. The largest absolute Gasteiger partial charge is 0.497 e. The van der Waals surface area contributed by atoms with Crippen LogP contribution in [0.3, 0.4) is 0 Å². The van der Waals surface area contributed by atoms with Gasteiger partial charge in [-0.3, -0.25) is 4.79 Å². The van der Waals surface area contributed by atoms with E-state index in [0.717, 1.165) is 66.8 Å². The first-order valence-electron chi connectivity index (χ1n) is 10.8. The topological polar surface area (TPSA) is 59.0 Å². The first-order chi connectivity index (χ1) is 15.0. The van der Waals surface area contributed by atoms with Crippen molar-refractivity contribution >= 4 is 11.5 Å². The second-order valence-electron chi connectivity index (χ2n) is 8.79. The molecular formula is C25H26FNO4. The molecule has 3 aliphatic rings. The van der Waals surface area contributed by atoms with Crippen LogP contribution in [0.2, 0.25) is 0 Å². The molecule has 1 aliphatic carbocycles. The van der Waals surface area contributed by atoms with Crippen molar-refractivity contribution in [2.45, 2.75) is 32.3 Å². The second kappa shape index (κ2) is 7.68. The van der Waals surface area contributed by atoms with E-state index in [0.29, 0.717) is 18.9 Å². The summed E-state index contributed by atoms with van der Waals surface area (Å²) >= 11 is 0. The van der Waals surface area contributed by atoms with Crippen molar-refractivity contribution in [3.63, 3.8) is 0 Å². The number of carboxylic acids is 1. The molecule has 2 fully saturated rings. The molecule has 0 bridgehead atoms. The van der Waals surface area contributed by atoms with E-state index in [1.807, 2.05) is 18.2 Å². The van der Waals surface area contributed by atoms with E-state index in [1.54, 1.807) is 19.2 Å². The molecule has 0 atom stereocenters. The van der Waals surface area contributed by atoms with Gasteiger partial charge >= 0.3 is 5.97 Å². The quantitative estimate of drug-likeness (QED) is 0.785. The Morgan fingerprint density at radius 1 is 1.16 bits per heavy atom. The molecule has 6 heteroatoms. The van der Waals surface area contributed by atoms with Crippen LogP contribution in [0.4, 0.5) is 4.39 Å². The van der Waals surface area contributed by atoms with Gasteiger partial charge in [-0.2, -0.15) is 0 Å². The highest BCUT2D eigenvalue weighted by atomic mass is 19.1. The van der Waals surface area contributed by atoms with Crippen LogP contribution in [-0.4, -0.2) is 42.7 Å². The second-order valence-corrected chi connectivity index (χ2v) is 8.79. The Kier molecular flexibility index (Phi) is 4.97. The van der Waals surface area contributed by atoms with Gasteiger partial charge in [-0.05, 0) is 72.7 Å². The zero-order valence-corrected chi connectivity index (χ0v) is 17.6. The van der Waals surface area contributed by atoms with Crippen LogP contribution in [0.5, 0.6) is 11.5 Å². The summed E-state index contributed by atoms with van der Waals surface area (Å²) in [6.07, 6.45) is 3.17. The SMILES string of the molecule is COc1ccc2c(c1)C(=C1CCN(CC3(C(=O)O)CC3)CC1)c1cc(F)ccc1OC2. The van der Waals surface area contributed by atoms with Crippen LogP contribution in [0, 0.1) is 11.2 Å². The van der Waals surface area contributed by atoms with E-state index < -0.39 is 11.4 Å². The average molecular weight is 423 g/mol. The summed E-state index contributed by atoms with van der Waals surface area (Å²) in [5.74, 6) is 0.472. The van der Waals surface area contributed by atoms with E-state index >= 15 is 0 Å². The molecule has 0 spiro atoms. The van der Waals surface area contributed by atoms with Crippen LogP contribution >= 0.6 is 0 Å². The van der Waals surface area contributed by atoms with Crippen molar-refractivity contribution in [3.8, 4) is 11.5 Å². The van der Waals surface area contributed by atoms with E-state index in [2.05, 4.69) is 4.90 Å². The Bertz CT molecular complexity index is 1060. The molecule has 0 unspecified atom stereocenters. The van der Waals surface area contributed by atoms with Gasteiger partial charge in [0, 0.05) is 25.2 Å². The van der Waals surface area contributed by atoms with Gasteiger partial charge in [-0.15, -0.1) is 0 Å². The molecule has 1 N–H and O–H groups in total. The molecular weight excluding hydrogens is 397 g/mol. The monoisotopic (exact) mass is 423 g/mol. The third-order valence-corrected chi connectivity index (χ3v) is 6.83. The van der Waals surface area contributed by atoms with E-state index in [1.165, 1.54) is 11.6 Å². The zero-order chi connectivity index (χ0) is 21.6. The highest BCUT2D eigenvalue weighted by molar-refractivity contribution is 5.87. The molecule has 0 amide bonds. The van der Waals surface area contributed by atoms with Crippen molar-refractivity contribution in [1.29, 1.82) is 0 Å². The molecule has 5 rings (SSSR count). The average Bonchev–Trinajstić information content (AvgIpc) is 3.57. The number of nitrogens with zero attached hydrogens (tertiary/aromatic N) is 1. The minimum absolute atomic E-state index is 0.290. The number of hydrogen-bond donors (Lipinski definition) is 1. The van der Waals surface area contributed by atoms with E-state index in [-0.39, 0.29) is 5.82 Å². The maximum atomic E-state index is 14.3. The number of halogens is 1. The smallest absolute Gasteiger partial charge is 0.310 e. The highest BCUT2D eigenvalue weighted by Crippen LogP contribution is 2.47. The molecule has 31 heavy (non-hydrogen) atoms. The van der Waals surface area contributed by atoms with Crippen molar-refractivity contribution in [3.05, 3.63) is 64.5 Å². The normalized spacial score (nSPS) is 19.7. The molecule has 2 aromatic rings. The highest BCUT2D eigenvalue weighted by Gasteiger charge is 2.51. The van der Waals surface area contributed by atoms with Gasteiger partial charge in [0.1, 0.15) is 23.9 Å². The zero-order valence-electron chi connectivity index (χ0n) is 17.6. The lowest BCUT2D eigenvalue weighted by molar-refractivity contribution is -0.144. The fourth-order valence-corrected chi connectivity index (χ4v) is 4.80. The summed E-state index contributed by atoms with van der Waals surface area (Å²) in [6, 6.07) is 10.6. The van der Waals surface area contributed by atoms with Crippen molar-refractivity contribution in [2.75, 3.05) is 26.7 Å². The number of carboxylic acid groups (broad SMARTS) is 1. The van der Waals surface area contributed by atoms with Crippen molar-refractivity contribution in [1.82, 2.24) is 4.90 Å². The van der Waals surface area contributed by atoms with Crippen LogP contribution in [0.1, 0.15) is 42.4 Å². The molecule has 1 saturated carbocycles. The summed E-state index contributed by atoms with van der Waals surface area (Å²) in [7, 11) is 1.64. The van der Waals surface area contributed by atoms with Crippen LogP contribution in [0.25, 0.3) is 5.57 Å².